The lowest BCUT2D eigenvalue weighted by Gasteiger charge is -2.31. The molecule has 0 spiro atoms. The highest BCUT2D eigenvalue weighted by atomic mass is 32.1. The molecule has 1 atom stereocenters. The molecule has 5 heteroatoms. The Bertz CT molecular complexity index is 879. The summed E-state index contributed by atoms with van der Waals surface area (Å²) in [4.78, 5) is 2.30. The van der Waals surface area contributed by atoms with Crippen molar-refractivity contribution in [2.75, 3.05) is 13.3 Å². The fraction of sp³-hybridized carbons (Fsp3) is 0.375. The number of nitrogens with zero attached hydrogens (tertiary/aromatic N) is 1. The molecular formula is C24H28N2O2S. The summed E-state index contributed by atoms with van der Waals surface area (Å²) >= 11 is 5.81. The molecule has 0 fully saturated rings. The minimum absolute atomic E-state index is 0.299. The van der Waals surface area contributed by atoms with E-state index in [1.54, 1.807) is 0 Å². The summed E-state index contributed by atoms with van der Waals surface area (Å²) in [5.74, 6) is 2.27. The van der Waals surface area contributed by atoms with E-state index in [2.05, 4.69) is 65.7 Å². The van der Waals surface area contributed by atoms with Gasteiger partial charge in [-0.05, 0) is 67.6 Å². The molecule has 1 heterocycles. The first kappa shape index (κ1) is 19.8. The van der Waals surface area contributed by atoms with E-state index in [0.717, 1.165) is 49.1 Å². The van der Waals surface area contributed by atoms with E-state index in [0.29, 0.717) is 12.7 Å². The number of rotatable bonds is 6. The van der Waals surface area contributed by atoms with Crippen LogP contribution in [0.4, 0.5) is 0 Å². The molecule has 0 radical (unpaired) electrons. The van der Waals surface area contributed by atoms with Gasteiger partial charge in [0.05, 0.1) is 0 Å². The molecule has 0 saturated carbocycles. The number of benzene rings is 2. The minimum atomic E-state index is 0.299. The second-order valence-electron chi connectivity index (χ2n) is 7.86. The highest BCUT2D eigenvalue weighted by molar-refractivity contribution is 7.80. The summed E-state index contributed by atoms with van der Waals surface area (Å²) in [7, 11) is 0. The van der Waals surface area contributed by atoms with E-state index in [4.69, 9.17) is 21.7 Å². The first-order valence-electron chi connectivity index (χ1n) is 10.3. The topological polar surface area (TPSA) is 33.7 Å². The van der Waals surface area contributed by atoms with Crippen molar-refractivity contribution in [1.29, 1.82) is 0 Å². The van der Waals surface area contributed by atoms with Gasteiger partial charge in [-0.25, -0.2) is 0 Å². The van der Waals surface area contributed by atoms with Crippen LogP contribution in [-0.4, -0.2) is 23.4 Å². The number of aryl methyl sites for hydroxylation is 1. The highest BCUT2D eigenvalue weighted by Crippen LogP contribution is 2.33. The predicted molar refractivity (Wildman–Crippen MR) is 120 cm³/mol. The maximum absolute atomic E-state index is 5.81. The molecule has 1 N–H and O–H groups in total. The zero-order chi connectivity index (χ0) is 20.1. The van der Waals surface area contributed by atoms with E-state index in [1.807, 2.05) is 6.07 Å². The predicted octanol–water partition coefficient (Wildman–Crippen LogP) is 4.96. The Hall–Kier alpha value is -2.53. The summed E-state index contributed by atoms with van der Waals surface area (Å²) in [6, 6.07) is 14.7. The fourth-order valence-corrected chi connectivity index (χ4v) is 4.02. The molecule has 29 heavy (non-hydrogen) atoms. The van der Waals surface area contributed by atoms with Crippen molar-refractivity contribution in [2.45, 2.75) is 39.3 Å². The molecule has 2 aromatic carbocycles. The largest absolute Gasteiger partial charge is 0.454 e. The molecule has 0 aromatic heterocycles. The third-order valence-electron chi connectivity index (χ3n) is 5.52. The number of fused-ring (bicyclic) bond motifs is 1. The molecule has 2 aliphatic rings. The van der Waals surface area contributed by atoms with E-state index < -0.39 is 0 Å². The first-order valence-corrected chi connectivity index (χ1v) is 10.7. The summed E-state index contributed by atoms with van der Waals surface area (Å²) < 4.78 is 11.0. The minimum Gasteiger partial charge on any atom is -0.454 e. The van der Waals surface area contributed by atoms with Crippen LogP contribution in [0.15, 0.2) is 54.6 Å². The normalized spacial score (nSPS) is 17.2. The molecule has 2 aromatic rings. The Balaban J connectivity index is 1.44. The average molecular weight is 409 g/mol. The van der Waals surface area contributed by atoms with Crippen molar-refractivity contribution < 1.29 is 9.47 Å². The Morgan fingerprint density at radius 2 is 1.86 bits per heavy atom. The monoisotopic (exact) mass is 408 g/mol. The number of nitrogens with one attached hydrogen (secondary N) is 1. The van der Waals surface area contributed by atoms with E-state index in [9.17, 15) is 0 Å². The zero-order valence-corrected chi connectivity index (χ0v) is 17.7. The van der Waals surface area contributed by atoms with Gasteiger partial charge < -0.3 is 19.7 Å². The SMILES string of the molecule is Cc1ccc(CNC(=S)N(Cc2ccc3c(c2)OCO3)CC2CC=CCC2)cc1. The van der Waals surface area contributed by atoms with Crippen LogP contribution >= 0.6 is 12.2 Å². The fourth-order valence-electron chi connectivity index (χ4n) is 3.81. The van der Waals surface area contributed by atoms with Crippen LogP contribution in [0, 0.1) is 12.8 Å². The number of hydrogen-bond donors (Lipinski definition) is 1. The lowest BCUT2D eigenvalue weighted by molar-refractivity contribution is 0.174. The molecule has 152 valence electrons. The summed E-state index contributed by atoms with van der Waals surface area (Å²) in [5, 5.41) is 4.27. The summed E-state index contributed by atoms with van der Waals surface area (Å²) in [6.45, 7) is 4.86. The molecule has 4 nitrogen and oxygen atoms in total. The van der Waals surface area contributed by atoms with Gasteiger partial charge in [-0.2, -0.15) is 0 Å². The van der Waals surface area contributed by atoms with Gasteiger partial charge in [-0.3, -0.25) is 0 Å². The van der Waals surface area contributed by atoms with Crippen molar-refractivity contribution in [3.8, 4) is 11.5 Å². The van der Waals surface area contributed by atoms with Gasteiger partial charge in [-0.1, -0.05) is 48.0 Å². The van der Waals surface area contributed by atoms with Crippen LogP contribution < -0.4 is 14.8 Å². The van der Waals surface area contributed by atoms with Crippen molar-refractivity contribution in [3.05, 3.63) is 71.3 Å². The van der Waals surface area contributed by atoms with E-state index in [1.165, 1.54) is 23.1 Å². The third kappa shape index (κ3) is 5.30. The van der Waals surface area contributed by atoms with E-state index in [-0.39, 0.29) is 0 Å². The number of allylic oxidation sites excluding steroid dienone is 2. The average Bonchev–Trinajstić information content (AvgIpc) is 3.21. The molecule has 0 amide bonds. The van der Waals surface area contributed by atoms with Gasteiger partial charge in [0, 0.05) is 19.6 Å². The molecule has 1 aliphatic carbocycles. The molecular weight excluding hydrogens is 380 g/mol. The molecule has 1 aliphatic heterocycles. The molecule has 0 saturated heterocycles. The number of thiocarbonyl (C=S) groups is 1. The first-order chi connectivity index (χ1) is 14.2. The van der Waals surface area contributed by atoms with Crippen LogP contribution in [0.1, 0.15) is 36.0 Å². The number of ether oxygens (including phenoxy) is 2. The van der Waals surface area contributed by atoms with Crippen LogP contribution in [0.3, 0.4) is 0 Å². The highest BCUT2D eigenvalue weighted by Gasteiger charge is 2.19. The molecule has 0 bridgehead atoms. The van der Waals surface area contributed by atoms with Crippen molar-refractivity contribution >= 4 is 17.3 Å². The van der Waals surface area contributed by atoms with Gasteiger partial charge in [0.25, 0.3) is 0 Å². The van der Waals surface area contributed by atoms with Crippen LogP contribution in [-0.2, 0) is 13.1 Å². The smallest absolute Gasteiger partial charge is 0.231 e. The summed E-state index contributed by atoms with van der Waals surface area (Å²) in [5.41, 5.74) is 3.69. The Kier molecular flexibility index (Phi) is 6.35. The second-order valence-corrected chi connectivity index (χ2v) is 8.25. The van der Waals surface area contributed by atoms with Crippen LogP contribution in [0.5, 0.6) is 11.5 Å². The van der Waals surface area contributed by atoms with Crippen molar-refractivity contribution in [1.82, 2.24) is 10.2 Å². The van der Waals surface area contributed by atoms with E-state index >= 15 is 0 Å². The van der Waals surface area contributed by atoms with Gasteiger partial charge in [-0.15, -0.1) is 0 Å². The lowest BCUT2D eigenvalue weighted by Crippen LogP contribution is -2.41. The van der Waals surface area contributed by atoms with Crippen molar-refractivity contribution in [3.63, 3.8) is 0 Å². The van der Waals surface area contributed by atoms with Gasteiger partial charge in [0.15, 0.2) is 16.6 Å². The zero-order valence-electron chi connectivity index (χ0n) is 16.9. The lowest BCUT2D eigenvalue weighted by atomic mass is 9.94. The Morgan fingerprint density at radius 3 is 2.66 bits per heavy atom. The Morgan fingerprint density at radius 1 is 1.07 bits per heavy atom. The second kappa shape index (κ2) is 9.31. The standard InChI is InChI=1S/C24H28N2O2S/c1-18-7-9-19(10-8-18)14-25-24(29)26(15-20-5-3-2-4-6-20)16-21-11-12-22-23(13-21)28-17-27-22/h2-3,7-13,20H,4-6,14-17H2,1H3,(H,25,29). The third-order valence-corrected chi connectivity index (χ3v) is 5.92. The maximum Gasteiger partial charge on any atom is 0.231 e. The molecule has 4 rings (SSSR count). The number of hydrogen-bond acceptors (Lipinski definition) is 3. The van der Waals surface area contributed by atoms with Crippen molar-refractivity contribution in [2.24, 2.45) is 5.92 Å². The quantitative estimate of drug-likeness (QED) is 0.540. The van der Waals surface area contributed by atoms with Gasteiger partial charge in [0.2, 0.25) is 6.79 Å². The Labute approximate surface area is 178 Å². The van der Waals surface area contributed by atoms with Gasteiger partial charge >= 0.3 is 0 Å². The maximum atomic E-state index is 5.81. The molecule has 1 unspecified atom stereocenters. The van der Waals surface area contributed by atoms with Gasteiger partial charge in [0.1, 0.15) is 0 Å². The van der Waals surface area contributed by atoms with Crippen LogP contribution in [0.25, 0.3) is 0 Å². The summed E-state index contributed by atoms with van der Waals surface area (Å²) in [6.07, 6.45) is 8.08. The van der Waals surface area contributed by atoms with Crippen LogP contribution in [0.2, 0.25) is 0 Å².